The summed E-state index contributed by atoms with van der Waals surface area (Å²) < 4.78 is 11.2. The highest BCUT2D eigenvalue weighted by molar-refractivity contribution is 6.36. The molecule has 4 aromatic rings. The zero-order valence-corrected chi connectivity index (χ0v) is 17.8. The molecule has 0 saturated heterocycles. The van der Waals surface area contributed by atoms with Crippen LogP contribution < -0.4 is 5.32 Å². The lowest BCUT2D eigenvalue weighted by Crippen LogP contribution is -2.30. The second-order valence-electron chi connectivity index (χ2n) is 6.69. The molecule has 1 atom stereocenters. The third-order valence-electron chi connectivity index (χ3n) is 4.51. The van der Waals surface area contributed by atoms with E-state index in [1.165, 1.54) is 13.0 Å². The monoisotopic (exact) mass is 454 g/mol. The van der Waals surface area contributed by atoms with Crippen LogP contribution in [0.5, 0.6) is 0 Å². The summed E-state index contributed by atoms with van der Waals surface area (Å²) in [6, 6.07) is 18.7. The molecule has 156 valence electrons. The van der Waals surface area contributed by atoms with Crippen LogP contribution in [0, 0.1) is 0 Å². The fraction of sp³-hybridized carbons (Fsp3) is 0.0870. The van der Waals surface area contributed by atoms with Gasteiger partial charge in [-0.05, 0) is 49.4 Å². The normalized spacial score (nSPS) is 11.8. The van der Waals surface area contributed by atoms with E-state index in [0.29, 0.717) is 33.3 Å². The van der Waals surface area contributed by atoms with Gasteiger partial charge in [-0.2, -0.15) is 0 Å². The predicted octanol–water partition coefficient (Wildman–Crippen LogP) is 5.99. The van der Waals surface area contributed by atoms with Crippen molar-refractivity contribution in [2.24, 2.45) is 0 Å². The minimum Gasteiger partial charge on any atom is -0.449 e. The van der Waals surface area contributed by atoms with Crippen LogP contribution in [0.3, 0.4) is 0 Å². The smallest absolute Gasteiger partial charge is 0.339 e. The molecular formula is C23H16Cl2N2O4. The number of halogens is 2. The molecule has 4 rings (SSSR count). The Bertz CT molecular complexity index is 1250. The van der Waals surface area contributed by atoms with Crippen molar-refractivity contribution in [1.29, 1.82) is 0 Å². The molecule has 0 radical (unpaired) electrons. The van der Waals surface area contributed by atoms with Crippen molar-refractivity contribution in [2.75, 3.05) is 5.32 Å². The van der Waals surface area contributed by atoms with Gasteiger partial charge in [0.25, 0.3) is 5.91 Å². The largest absolute Gasteiger partial charge is 0.449 e. The number of fused-ring (bicyclic) bond motifs is 1. The summed E-state index contributed by atoms with van der Waals surface area (Å²) in [5.41, 5.74) is 2.35. The van der Waals surface area contributed by atoms with Crippen LogP contribution in [0.25, 0.3) is 22.6 Å². The molecule has 6 nitrogen and oxygen atoms in total. The van der Waals surface area contributed by atoms with Gasteiger partial charge in [0, 0.05) is 5.02 Å². The molecule has 1 aromatic heterocycles. The Labute approximate surface area is 187 Å². The van der Waals surface area contributed by atoms with Crippen LogP contribution in [0.2, 0.25) is 10.0 Å². The summed E-state index contributed by atoms with van der Waals surface area (Å²) in [6.45, 7) is 1.47. The number of rotatable bonds is 5. The number of para-hydroxylation sites is 2. The highest BCUT2D eigenvalue weighted by atomic mass is 35.5. The van der Waals surface area contributed by atoms with Crippen LogP contribution in [0.15, 0.2) is 71.1 Å². The van der Waals surface area contributed by atoms with E-state index in [0.717, 1.165) is 0 Å². The first-order valence-electron chi connectivity index (χ1n) is 9.34. The summed E-state index contributed by atoms with van der Waals surface area (Å²) in [5.74, 6) is -0.918. The molecule has 1 unspecified atom stereocenters. The number of nitrogens with zero attached hydrogens (tertiary/aromatic N) is 1. The minimum absolute atomic E-state index is 0.234. The van der Waals surface area contributed by atoms with Crippen molar-refractivity contribution in [3.63, 3.8) is 0 Å². The van der Waals surface area contributed by atoms with Crippen LogP contribution in [-0.2, 0) is 9.53 Å². The summed E-state index contributed by atoms with van der Waals surface area (Å²) in [4.78, 5) is 29.7. The molecule has 0 aliphatic carbocycles. The maximum atomic E-state index is 12.8. The highest BCUT2D eigenvalue weighted by Crippen LogP contribution is 2.28. The van der Waals surface area contributed by atoms with E-state index in [1.807, 2.05) is 18.2 Å². The minimum atomic E-state index is -1.07. The molecule has 0 bridgehead atoms. The first-order chi connectivity index (χ1) is 14.9. The topological polar surface area (TPSA) is 81.4 Å². The summed E-state index contributed by atoms with van der Waals surface area (Å²) >= 11 is 11.9. The van der Waals surface area contributed by atoms with Gasteiger partial charge in [-0.3, -0.25) is 4.79 Å². The molecule has 3 aromatic carbocycles. The van der Waals surface area contributed by atoms with Crippen LogP contribution >= 0.6 is 23.2 Å². The van der Waals surface area contributed by atoms with Gasteiger partial charge in [0.05, 0.1) is 21.8 Å². The van der Waals surface area contributed by atoms with Crippen LogP contribution in [0.4, 0.5) is 5.69 Å². The van der Waals surface area contributed by atoms with Crippen LogP contribution in [-0.4, -0.2) is 23.0 Å². The molecule has 0 saturated carbocycles. The van der Waals surface area contributed by atoms with E-state index in [1.54, 1.807) is 42.5 Å². The average Bonchev–Trinajstić information content (AvgIpc) is 3.19. The van der Waals surface area contributed by atoms with Gasteiger partial charge < -0.3 is 14.5 Å². The first kappa shape index (κ1) is 20.9. The Morgan fingerprint density at radius 2 is 1.77 bits per heavy atom. The zero-order valence-electron chi connectivity index (χ0n) is 16.3. The third-order valence-corrected chi connectivity index (χ3v) is 5.06. The van der Waals surface area contributed by atoms with Crippen LogP contribution in [0.1, 0.15) is 17.3 Å². The van der Waals surface area contributed by atoms with E-state index in [9.17, 15) is 9.59 Å². The van der Waals surface area contributed by atoms with Gasteiger partial charge in [-0.25, -0.2) is 9.78 Å². The lowest BCUT2D eigenvalue weighted by molar-refractivity contribution is -0.123. The Hall–Kier alpha value is -3.35. The van der Waals surface area contributed by atoms with Gasteiger partial charge in [0.15, 0.2) is 11.7 Å². The number of nitrogens with one attached hydrogen (secondary N) is 1. The molecule has 1 heterocycles. The lowest BCUT2D eigenvalue weighted by atomic mass is 10.1. The highest BCUT2D eigenvalue weighted by Gasteiger charge is 2.23. The SMILES string of the molecule is CC(OC(=O)c1ccccc1-c1nc2ccccc2o1)C(=O)Nc1ccc(Cl)cc1Cl. The number of amides is 1. The molecule has 1 N–H and O–H groups in total. The Morgan fingerprint density at radius 3 is 2.55 bits per heavy atom. The van der Waals surface area contributed by atoms with Gasteiger partial charge in [0.1, 0.15) is 5.52 Å². The number of anilines is 1. The fourth-order valence-electron chi connectivity index (χ4n) is 2.94. The molecular weight excluding hydrogens is 439 g/mol. The van der Waals surface area contributed by atoms with Gasteiger partial charge in [-0.1, -0.05) is 47.5 Å². The number of oxazole rings is 1. The maximum Gasteiger partial charge on any atom is 0.339 e. The van der Waals surface area contributed by atoms with E-state index >= 15 is 0 Å². The Morgan fingerprint density at radius 1 is 1.03 bits per heavy atom. The van der Waals surface area contributed by atoms with Crippen molar-refractivity contribution < 1.29 is 18.7 Å². The quantitative estimate of drug-likeness (QED) is 0.374. The number of carbonyl (C=O) groups is 2. The number of hydrogen-bond acceptors (Lipinski definition) is 5. The zero-order chi connectivity index (χ0) is 22.0. The maximum absolute atomic E-state index is 12.8. The second-order valence-corrected chi connectivity index (χ2v) is 7.54. The van der Waals surface area contributed by atoms with Gasteiger partial charge in [0.2, 0.25) is 5.89 Å². The second kappa shape index (κ2) is 8.79. The molecule has 0 aliphatic rings. The van der Waals surface area contributed by atoms with Crippen molar-refractivity contribution >= 4 is 51.9 Å². The number of hydrogen-bond donors (Lipinski definition) is 1. The van der Waals surface area contributed by atoms with E-state index in [2.05, 4.69) is 10.3 Å². The van der Waals surface area contributed by atoms with E-state index in [-0.39, 0.29) is 10.6 Å². The predicted molar refractivity (Wildman–Crippen MR) is 119 cm³/mol. The standard InChI is InChI=1S/C23H16Cl2N2O4/c1-13(21(28)26-18-11-10-14(24)12-17(18)25)30-23(29)16-7-3-2-6-15(16)22-27-19-8-4-5-9-20(19)31-22/h2-13H,1H3,(H,26,28). The third kappa shape index (κ3) is 4.55. The molecule has 0 spiro atoms. The number of esters is 1. The lowest BCUT2D eigenvalue weighted by Gasteiger charge is -2.15. The number of carbonyl (C=O) groups excluding carboxylic acids is 2. The van der Waals surface area contributed by atoms with Gasteiger partial charge in [-0.15, -0.1) is 0 Å². The molecule has 0 fully saturated rings. The number of ether oxygens (including phenoxy) is 1. The van der Waals surface area contributed by atoms with Gasteiger partial charge >= 0.3 is 5.97 Å². The van der Waals surface area contributed by atoms with Crippen molar-refractivity contribution in [1.82, 2.24) is 4.98 Å². The summed E-state index contributed by atoms with van der Waals surface area (Å²) in [6.07, 6.45) is -1.07. The molecule has 1 amide bonds. The number of aromatic nitrogens is 1. The summed E-state index contributed by atoms with van der Waals surface area (Å²) in [7, 11) is 0. The number of benzene rings is 3. The molecule has 31 heavy (non-hydrogen) atoms. The van der Waals surface area contributed by atoms with Crippen molar-refractivity contribution in [3.8, 4) is 11.5 Å². The fourth-order valence-corrected chi connectivity index (χ4v) is 3.39. The summed E-state index contributed by atoms with van der Waals surface area (Å²) in [5, 5.41) is 3.34. The first-order valence-corrected chi connectivity index (χ1v) is 10.1. The Balaban J connectivity index is 1.52. The van der Waals surface area contributed by atoms with E-state index in [4.69, 9.17) is 32.4 Å². The van der Waals surface area contributed by atoms with Crippen molar-refractivity contribution in [3.05, 3.63) is 82.3 Å². The molecule has 0 aliphatic heterocycles. The Kier molecular flexibility index (Phi) is 5.93. The molecule has 8 heteroatoms. The average molecular weight is 455 g/mol. The van der Waals surface area contributed by atoms with Crippen molar-refractivity contribution in [2.45, 2.75) is 13.0 Å². The van der Waals surface area contributed by atoms with E-state index < -0.39 is 18.0 Å².